The molecule has 1 aliphatic rings. The van der Waals surface area contributed by atoms with E-state index in [0.717, 1.165) is 51.5 Å². The monoisotopic (exact) mass is 540 g/mol. The molecule has 2 aromatic heterocycles. The van der Waals surface area contributed by atoms with Crippen LogP contribution in [0.3, 0.4) is 0 Å². The van der Waals surface area contributed by atoms with Crippen molar-refractivity contribution in [3.63, 3.8) is 0 Å². The van der Waals surface area contributed by atoms with Gasteiger partial charge in [-0.2, -0.15) is 4.98 Å². The predicted molar refractivity (Wildman–Crippen MR) is 161 cm³/mol. The Bertz CT molecular complexity index is 1540. The van der Waals surface area contributed by atoms with E-state index in [9.17, 15) is 4.39 Å². The van der Waals surface area contributed by atoms with Crippen LogP contribution in [0.25, 0.3) is 16.9 Å². The number of nitrogen functional groups attached to an aromatic ring is 1. The molecule has 3 heterocycles. The number of imidazole rings is 1. The van der Waals surface area contributed by atoms with Crippen LogP contribution in [-0.4, -0.2) is 38.1 Å². The Morgan fingerprint density at radius 1 is 1.12 bits per heavy atom. The van der Waals surface area contributed by atoms with E-state index in [4.69, 9.17) is 10.5 Å². The summed E-state index contributed by atoms with van der Waals surface area (Å²) in [6.07, 6.45) is 8.98. The molecule has 0 amide bonds. The summed E-state index contributed by atoms with van der Waals surface area (Å²) in [5, 5.41) is 0. The van der Waals surface area contributed by atoms with E-state index in [1.807, 2.05) is 41.8 Å². The molecule has 0 atom stereocenters. The van der Waals surface area contributed by atoms with Gasteiger partial charge in [-0.05, 0) is 54.8 Å². The molecule has 1 aliphatic heterocycles. The maximum Gasteiger partial charge on any atom is 0.235 e. The molecule has 208 valence electrons. The van der Waals surface area contributed by atoms with Gasteiger partial charge >= 0.3 is 0 Å². The zero-order valence-corrected chi connectivity index (χ0v) is 23.7. The number of nitrogens with two attached hydrogens (primary N) is 1. The first-order valence-corrected chi connectivity index (χ1v) is 13.5. The van der Waals surface area contributed by atoms with Crippen LogP contribution in [0.4, 0.5) is 10.2 Å². The number of anilines is 1. The van der Waals surface area contributed by atoms with E-state index < -0.39 is 0 Å². The highest BCUT2D eigenvalue weighted by Crippen LogP contribution is 2.31. The molecule has 0 spiro atoms. The number of halogens is 1. The first-order valence-electron chi connectivity index (χ1n) is 13.5. The molecule has 0 fully saturated rings. The molecule has 8 heteroatoms. The second-order valence-corrected chi connectivity index (χ2v) is 9.78. The first kappa shape index (κ1) is 28.5. The Kier molecular flexibility index (Phi) is 9.32. The number of hydrogen-bond acceptors (Lipinski definition) is 6. The van der Waals surface area contributed by atoms with Crippen molar-refractivity contribution in [2.45, 2.75) is 47.1 Å². The average Bonchev–Trinajstić information content (AvgIpc) is 3.18. The van der Waals surface area contributed by atoms with Crippen molar-refractivity contribution in [1.29, 1.82) is 0 Å². The van der Waals surface area contributed by atoms with Crippen molar-refractivity contribution >= 4 is 17.3 Å². The molecule has 0 aliphatic carbocycles. The predicted octanol–water partition coefficient (Wildman–Crippen LogP) is 6.85. The molecule has 0 saturated carbocycles. The van der Waals surface area contributed by atoms with E-state index in [2.05, 4.69) is 53.3 Å². The van der Waals surface area contributed by atoms with E-state index in [0.29, 0.717) is 31.2 Å². The second-order valence-electron chi connectivity index (χ2n) is 9.78. The first-order chi connectivity index (χ1) is 19.3. The summed E-state index contributed by atoms with van der Waals surface area (Å²) in [6, 6.07) is 12.8. The fourth-order valence-electron chi connectivity index (χ4n) is 4.64. The molecular formula is C32H37FN6O. The maximum atomic E-state index is 13.5. The molecule has 5 rings (SSSR count). The lowest BCUT2D eigenvalue weighted by Crippen LogP contribution is -2.26. The number of benzene rings is 2. The van der Waals surface area contributed by atoms with Gasteiger partial charge in [0.05, 0.1) is 12.7 Å². The quantitative estimate of drug-likeness (QED) is 0.271. The number of fused-ring (bicyclic) bond motifs is 2. The van der Waals surface area contributed by atoms with Crippen LogP contribution >= 0.6 is 0 Å². The Morgan fingerprint density at radius 3 is 2.60 bits per heavy atom. The highest BCUT2D eigenvalue weighted by atomic mass is 19.1. The number of aromatic nitrogens is 3. The van der Waals surface area contributed by atoms with Gasteiger partial charge in [0.1, 0.15) is 24.0 Å². The lowest BCUT2D eigenvalue weighted by molar-refractivity contribution is 0.263. The smallest absolute Gasteiger partial charge is 0.235 e. The number of nitrogens with zero attached hydrogens (tertiary/aromatic N) is 5. The lowest BCUT2D eigenvalue weighted by Gasteiger charge is -2.26. The minimum absolute atomic E-state index is 0.245. The SMILES string of the molecule is C=CN=C(C)/C(Cc1ccc(F)cc1)=C(\C)N1CCOc2ccc(-c3cnc4nc(N)cn4c3)cc2C1.CCC. The molecule has 0 radical (unpaired) electrons. The van der Waals surface area contributed by atoms with Gasteiger partial charge in [-0.3, -0.25) is 9.39 Å². The van der Waals surface area contributed by atoms with Crippen molar-refractivity contribution in [2.24, 2.45) is 4.99 Å². The van der Waals surface area contributed by atoms with Crippen LogP contribution in [-0.2, 0) is 13.0 Å². The summed E-state index contributed by atoms with van der Waals surface area (Å²) in [4.78, 5) is 15.4. The van der Waals surface area contributed by atoms with Crippen molar-refractivity contribution in [3.05, 3.63) is 102 Å². The van der Waals surface area contributed by atoms with Crippen LogP contribution in [0.2, 0.25) is 0 Å². The normalized spacial score (nSPS) is 13.9. The molecule has 0 bridgehead atoms. The standard InChI is InChI=1S/C29H29FN6O.C3H8/c1-4-32-19(2)26(13-21-5-8-25(30)9-6-21)20(3)35-11-12-37-27-10-7-22(14-23(27)16-35)24-15-33-29-34-28(31)18-36(29)17-24;1-3-2/h4-10,14-15,17-18H,1,11-13,16,31H2,2-3H3;3H2,1-2H3/b26-20+,32-19?;. The molecule has 7 nitrogen and oxygen atoms in total. The van der Waals surface area contributed by atoms with Crippen LogP contribution in [0, 0.1) is 5.82 Å². The summed E-state index contributed by atoms with van der Waals surface area (Å²) < 4.78 is 21.4. The Hall–Kier alpha value is -4.46. The number of ether oxygens (including phenoxy) is 1. The van der Waals surface area contributed by atoms with Crippen molar-refractivity contribution in [2.75, 3.05) is 18.9 Å². The average molecular weight is 541 g/mol. The van der Waals surface area contributed by atoms with Crippen LogP contribution in [0.1, 0.15) is 45.2 Å². The van der Waals surface area contributed by atoms with Crippen molar-refractivity contribution in [3.8, 4) is 16.9 Å². The van der Waals surface area contributed by atoms with Crippen LogP contribution in [0.15, 0.2) is 90.1 Å². The van der Waals surface area contributed by atoms with Gasteiger partial charge in [-0.1, -0.05) is 45.0 Å². The minimum atomic E-state index is -0.245. The van der Waals surface area contributed by atoms with Gasteiger partial charge in [0.2, 0.25) is 5.78 Å². The van der Waals surface area contributed by atoms with Gasteiger partial charge in [0.15, 0.2) is 0 Å². The van der Waals surface area contributed by atoms with E-state index in [-0.39, 0.29) is 5.82 Å². The van der Waals surface area contributed by atoms with Gasteiger partial charge in [-0.25, -0.2) is 9.37 Å². The van der Waals surface area contributed by atoms with Gasteiger partial charge in [0, 0.05) is 54.1 Å². The summed E-state index contributed by atoms with van der Waals surface area (Å²) in [5.74, 6) is 1.63. The fraction of sp³-hybridized carbons (Fsp3) is 0.281. The number of rotatable bonds is 6. The number of aliphatic imine (C=N–C) groups is 1. The summed E-state index contributed by atoms with van der Waals surface area (Å²) in [7, 11) is 0. The summed E-state index contributed by atoms with van der Waals surface area (Å²) in [6.45, 7) is 14.1. The van der Waals surface area contributed by atoms with Crippen molar-refractivity contribution < 1.29 is 9.13 Å². The van der Waals surface area contributed by atoms with Crippen molar-refractivity contribution in [1.82, 2.24) is 19.3 Å². The number of allylic oxidation sites excluding steroid dienone is 2. The number of hydrogen-bond donors (Lipinski definition) is 1. The zero-order chi connectivity index (χ0) is 28.6. The zero-order valence-electron chi connectivity index (χ0n) is 23.7. The van der Waals surface area contributed by atoms with E-state index in [1.165, 1.54) is 18.6 Å². The molecular weight excluding hydrogens is 503 g/mol. The molecule has 4 aromatic rings. The minimum Gasteiger partial charge on any atom is -0.491 e. The third-order valence-electron chi connectivity index (χ3n) is 6.63. The molecule has 2 aromatic carbocycles. The third kappa shape index (κ3) is 6.75. The van der Waals surface area contributed by atoms with Crippen LogP contribution in [0.5, 0.6) is 5.75 Å². The summed E-state index contributed by atoms with van der Waals surface area (Å²) >= 11 is 0. The molecule has 2 N–H and O–H groups in total. The van der Waals surface area contributed by atoms with Crippen LogP contribution < -0.4 is 10.5 Å². The fourth-order valence-corrected chi connectivity index (χ4v) is 4.64. The van der Waals surface area contributed by atoms with Gasteiger partial charge < -0.3 is 15.4 Å². The molecule has 0 unspecified atom stereocenters. The Morgan fingerprint density at radius 2 is 1.88 bits per heavy atom. The Balaban J connectivity index is 0.00000118. The topological polar surface area (TPSA) is 81.0 Å². The van der Waals surface area contributed by atoms with Gasteiger partial charge in [0.25, 0.3) is 0 Å². The third-order valence-corrected chi connectivity index (χ3v) is 6.63. The molecule has 0 saturated heterocycles. The van der Waals surface area contributed by atoms with E-state index in [1.54, 1.807) is 18.6 Å². The highest BCUT2D eigenvalue weighted by molar-refractivity contribution is 5.99. The summed E-state index contributed by atoms with van der Waals surface area (Å²) in [5.41, 5.74) is 13.0. The largest absolute Gasteiger partial charge is 0.491 e. The molecule has 40 heavy (non-hydrogen) atoms. The second kappa shape index (κ2) is 13.1. The van der Waals surface area contributed by atoms with Gasteiger partial charge in [-0.15, -0.1) is 0 Å². The Labute approximate surface area is 235 Å². The van der Waals surface area contributed by atoms with E-state index >= 15 is 0 Å². The maximum absolute atomic E-state index is 13.5. The highest BCUT2D eigenvalue weighted by Gasteiger charge is 2.20. The lowest BCUT2D eigenvalue weighted by atomic mass is 9.98.